The average Bonchev–Trinajstić information content (AvgIpc) is 2.27. The minimum absolute atomic E-state index is 0. The van der Waals surface area contributed by atoms with Crippen molar-refractivity contribution in [2.75, 3.05) is 6.54 Å². The minimum Gasteiger partial charge on any atom is -0.352 e. The molecule has 1 atom stereocenters. The maximum atomic E-state index is 11.5. The van der Waals surface area contributed by atoms with Gasteiger partial charge in [-0.1, -0.05) is 32.1 Å². The van der Waals surface area contributed by atoms with Crippen LogP contribution in [0.25, 0.3) is 0 Å². The number of hydrogen-bond acceptors (Lipinski definition) is 2. The molecule has 1 fully saturated rings. The molecule has 0 aliphatic heterocycles. The summed E-state index contributed by atoms with van der Waals surface area (Å²) in [6.45, 7) is 2.47. The van der Waals surface area contributed by atoms with E-state index in [-0.39, 0.29) is 24.4 Å². The van der Waals surface area contributed by atoms with E-state index in [4.69, 9.17) is 5.73 Å². The fraction of sp³-hybridized carbons (Fsp3) is 0.917. The normalized spacial score (nSPS) is 18.6. The van der Waals surface area contributed by atoms with Gasteiger partial charge in [0, 0.05) is 19.0 Å². The second-order valence-electron chi connectivity index (χ2n) is 4.75. The quantitative estimate of drug-likeness (QED) is 0.784. The second-order valence-corrected chi connectivity index (χ2v) is 4.75. The van der Waals surface area contributed by atoms with Gasteiger partial charge in [0.25, 0.3) is 0 Å². The molecular formula is C12H25ClN2O. The van der Waals surface area contributed by atoms with Gasteiger partial charge in [-0.3, -0.25) is 4.79 Å². The molecule has 3 N–H and O–H groups in total. The molecule has 16 heavy (non-hydrogen) atoms. The van der Waals surface area contributed by atoms with E-state index < -0.39 is 0 Å². The molecule has 0 aromatic heterocycles. The average molecular weight is 249 g/mol. The third kappa shape index (κ3) is 6.33. The number of nitrogens with two attached hydrogens (primary N) is 1. The summed E-state index contributed by atoms with van der Waals surface area (Å²) in [4.78, 5) is 11.5. The van der Waals surface area contributed by atoms with Gasteiger partial charge in [-0.25, -0.2) is 0 Å². The maximum Gasteiger partial charge on any atom is 0.220 e. The van der Waals surface area contributed by atoms with Crippen LogP contribution in [0.5, 0.6) is 0 Å². The van der Waals surface area contributed by atoms with Crippen molar-refractivity contribution in [1.82, 2.24) is 5.32 Å². The molecular weight excluding hydrogens is 224 g/mol. The first-order chi connectivity index (χ1) is 7.22. The van der Waals surface area contributed by atoms with Gasteiger partial charge in [-0.15, -0.1) is 12.4 Å². The highest BCUT2D eigenvalue weighted by Gasteiger charge is 2.15. The van der Waals surface area contributed by atoms with E-state index in [9.17, 15) is 4.79 Å². The van der Waals surface area contributed by atoms with Gasteiger partial charge >= 0.3 is 0 Å². The fourth-order valence-corrected chi connectivity index (χ4v) is 2.22. The van der Waals surface area contributed by atoms with Crippen LogP contribution in [0.2, 0.25) is 0 Å². The number of nitrogens with one attached hydrogen (secondary N) is 1. The Morgan fingerprint density at radius 2 is 2.00 bits per heavy atom. The highest BCUT2D eigenvalue weighted by Crippen LogP contribution is 2.27. The zero-order chi connectivity index (χ0) is 11.1. The molecule has 0 unspecified atom stereocenters. The van der Waals surface area contributed by atoms with Crippen LogP contribution in [0, 0.1) is 5.92 Å². The molecule has 0 spiro atoms. The van der Waals surface area contributed by atoms with E-state index in [0.717, 1.165) is 12.3 Å². The van der Waals surface area contributed by atoms with E-state index in [0.29, 0.717) is 13.0 Å². The Labute approximate surface area is 105 Å². The molecule has 1 saturated carbocycles. The van der Waals surface area contributed by atoms with Crippen LogP contribution in [-0.4, -0.2) is 18.5 Å². The predicted octanol–water partition coefficient (Wildman–Crippen LogP) is 2.23. The van der Waals surface area contributed by atoms with E-state index in [1.807, 2.05) is 6.92 Å². The Morgan fingerprint density at radius 3 is 2.56 bits per heavy atom. The molecule has 0 aromatic carbocycles. The van der Waals surface area contributed by atoms with Gasteiger partial charge in [0.15, 0.2) is 0 Å². The Bertz CT molecular complexity index is 193. The number of carbonyl (C=O) groups is 1. The number of hydrogen-bond donors (Lipinski definition) is 2. The third-order valence-electron chi connectivity index (χ3n) is 3.27. The molecule has 0 bridgehead atoms. The molecule has 96 valence electrons. The SMILES string of the molecule is C[C@H](CN)NC(=O)CCC1CCCCC1.Cl. The largest absolute Gasteiger partial charge is 0.352 e. The van der Waals surface area contributed by atoms with Gasteiger partial charge in [-0.05, 0) is 19.3 Å². The van der Waals surface area contributed by atoms with Crippen molar-refractivity contribution in [2.24, 2.45) is 11.7 Å². The summed E-state index contributed by atoms with van der Waals surface area (Å²) in [5.74, 6) is 0.955. The third-order valence-corrected chi connectivity index (χ3v) is 3.27. The van der Waals surface area contributed by atoms with Crippen molar-refractivity contribution in [3.05, 3.63) is 0 Å². The summed E-state index contributed by atoms with van der Waals surface area (Å²) < 4.78 is 0. The first kappa shape index (κ1) is 15.7. The smallest absolute Gasteiger partial charge is 0.220 e. The molecule has 0 heterocycles. The minimum atomic E-state index is 0. The lowest BCUT2D eigenvalue weighted by molar-refractivity contribution is -0.122. The Morgan fingerprint density at radius 1 is 1.38 bits per heavy atom. The summed E-state index contributed by atoms with van der Waals surface area (Å²) in [5.41, 5.74) is 5.44. The van der Waals surface area contributed by atoms with Crippen LogP contribution in [0.15, 0.2) is 0 Å². The first-order valence-corrected chi connectivity index (χ1v) is 6.21. The van der Waals surface area contributed by atoms with Gasteiger partial charge in [0.2, 0.25) is 5.91 Å². The van der Waals surface area contributed by atoms with Crippen LogP contribution >= 0.6 is 12.4 Å². The molecule has 4 heteroatoms. The topological polar surface area (TPSA) is 55.1 Å². The van der Waals surface area contributed by atoms with E-state index in [1.54, 1.807) is 0 Å². The summed E-state index contributed by atoms with van der Waals surface area (Å²) >= 11 is 0. The van der Waals surface area contributed by atoms with Crippen molar-refractivity contribution >= 4 is 18.3 Å². The summed E-state index contributed by atoms with van der Waals surface area (Å²) in [6, 6.07) is 0.115. The lowest BCUT2D eigenvalue weighted by atomic mass is 9.86. The zero-order valence-electron chi connectivity index (χ0n) is 10.2. The fourth-order valence-electron chi connectivity index (χ4n) is 2.22. The Kier molecular flexibility index (Phi) is 8.67. The van der Waals surface area contributed by atoms with Crippen LogP contribution < -0.4 is 11.1 Å². The van der Waals surface area contributed by atoms with Gasteiger partial charge in [-0.2, -0.15) is 0 Å². The van der Waals surface area contributed by atoms with Gasteiger partial charge in [0.1, 0.15) is 0 Å². The summed E-state index contributed by atoms with van der Waals surface area (Å²) in [7, 11) is 0. The molecule has 0 saturated heterocycles. The number of halogens is 1. The van der Waals surface area contributed by atoms with E-state index >= 15 is 0 Å². The van der Waals surface area contributed by atoms with Crippen molar-refractivity contribution in [3.8, 4) is 0 Å². The van der Waals surface area contributed by atoms with Crippen molar-refractivity contribution in [3.63, 3.8) is 0 Å². The highest BCUT2D eigenvalue weighted by molar-refractivity contribution is 5.85. The van der Waals surface area contributed by atoms with Crippen molar-refractivity contribution in [1.29, 1.82) is 0 Å². The monoisotopic (exact) mass is 248 g/mol. The van der Waals surface area contributed by atoms with E-state index in [1.165, 1.54) is 32.1 Å². The first-order valence-electron chi connectivity index (χ1n) is 6.21. The molecule has 1 aliphatic rings. The molecule has 1 rings (SSSR count). The maximum absolute atomic E-state index is 11.5. The highest BCUT2D eigenvalue weighted by atomic mass is 35.5. The Hall–Kier alpha value is -0.280. The van der Waals surface area contributed by atoms with Crippen molar-refractivity contribution in [2.45, 2.75) is 57.9 Å². The lowest BCUT2D eigenvalue weighted by Crippen LogP contribution is -2.37. The second kappa shape index (κ2) is 8.82. The molecule has 0 aromatic rings. The van der Waals surface area contributed by atoms with E-state index in [2.05, 4.69) is 5.32 Å². The summed E-state index contributed by atoms with van der Waals surface area (Å²) in [6.07, 6.45) is 8.46. The predicted molar refractivity (Wildman–Crippen MR) is 69.7 cm³/mol. The van der Waals surface area contributed by atoms with Crippen LogP contribution in [-0.2, 0) is 4.79 Å². The molecule has 0 radical (unpaired) electrons. The van der Waals surface area contributed by atoms with Crippen LogP contribution in [0.1, 0.15) is 51.9 Å². The molecule has 1 aliphatic carbocycles. The molecule has 1 amide bonds. The van der Waals surface area contributed by atoms with Gasteiger partial charge < -0.3 is 11.1 Å². The van der Waals surface area contributed by atoms with Crippen LogP contribution in [0.3, 0.4) is 0 Å². The zero-order valence-corrected chi connectivity index (χ0v) is 11.0. The van der Waals surface area contributed by atoms with Crippen LogP contribution in [0.4, 0.5) is 0 Å². The number of carbonyl (C=O) groups excluding carboxylic acids is 1. The van der Waals surface area contributed by atoms with Crippen molar-refractivity contribution < 1.29 is 4.79 Å². The summed E-state index contributed by atoms with van der Waals surface area (Å²) in [5, 5.41) is 2.91. The number of rotatable bonds is 5. The Balaban J connectivity index is 0.00000225. The standard InChI is InChI=1S/C12H24N2O.ClH/c1-10(9-13)14-12(15)8-7-11-5-3-2-4-6-11;/h10-11H,2-9,13H2,1H3,(H,14,15);1H/t10-;/m1./s1. The van der Waals surface area contributed by atoms with Gasteiger partial charge in [0.05, 0.1) is 0 Å². The molecule has 3 nitrogen and oxygen atoms in total. The number of amides is 1. The lowest BCUT2D eigenvalue weighted by Gasteiger charge is -2.21.